The number of alkyl carbamates (subject to hydrolysis) is 1. The third-order valence-corrected chi connectivity index (χ3v) is 7.10. The molecule has 1 aromatic rings. The summed E-state index contributed by atoms with van der Waals surface area (Å²) in [4.78, 5) is 17.0. The van der Waals surface area contributed by atoms with Gasteiger partial charge in [0.2, 0.25) is 5.96 Å². The normalized spacial score (nSPS) is 27.8. The van der Waals surface area contributed by atoms with Crippen LogP contribution in [0.3, 0.4) is 0 Å². The smallest absolute Gasteiger partial charge is 0.414 e. The van der Waals surface area contributed by atoms with Gasteiger partial charge >= 0.3 is 6.09 Å². The highest BCUT2D eigenvalue weighted by molar-refractivity contribution is 7.92. The molecule has 2 aliphatic rings. The van der Waals surface area contributed by atoms with Gasteiger partial charge in [-0.3, -0.25) is 9.62 Å². The highest BCUT2D eigenvalue weighted by Gasteiger charge is 2.43. The van der Waals surface area contributed by atoms with Gasteiger partial charge in [0.15, 0.2) is 0 Å². The van der Waals surface area contributed by atoms with E-state index >= 15 is 0 Å². The van der Waals surface area contributed by atoms with Crippen molar-refractivity contribution >= 4 is 22.0 Å². The number of nitrogens with one attached hydrogen (secondary N) is 1. The molecule has 1 aromatic carbocycles. The summed E-state index contributed by atoms with van der Waals surface area (Å²) >= 11 is 0. The maximum absolute atomic E-state index is 14.5. The quantitative estimate of drug-likeness (QED) is 0.770. The predicted molar refractivity (Wildman–Crippen MR) is 107 cm³/mol. The molecule has 2 atom stereocenters. The second-order valence-corrected chi connectivity index (χ2v) is 10.4. The molecule has 0 aliphatic carbocycles. The molecule has 0 saturated carbocycles. The van der Waals surface area contributed by atoms with Crippen LogP contribution < -0.4 is 5.32 Å². The van der Waals surface area contributed by atoms with E-state index in [1.54, 1.807) is 50.2 Å². The number of fused-ring (bicyclic) bond motifs is 1. The first-order valence-electron chi connectivity index (χ1n) is 9.36. The Bertz CT molecular complexity index is 918. The zero-order valence-electron chi connectivity index (χ0n) is 16.7. The summed E-state index contributed by atoms with van der Waals surface area (Å²) in [6.45, 7) is 7.88. The molecule has 2 unspecified atom stereocenters. The van der Waals surface area contributed by atoms with Crippen molar-refractivity contribution in [3.8, 4) is 0 Å². The lowest BCUT2D eigenvalue weighted by atomic mass is 9.94. The van der Waals surface area contributed by atoms with Crippen molar-refractivity contribution in [3.63, 3.8) is 0 Å². The Kier molecular flexibility index (Phi) is 5.40. The van der Waals surface area contributed by atoms with Crippen LogP contribution in [0.2, 0.25) is 0 Å². The number of guanidine groups is 1. The van der Waals surface area contributed by atoms with Gasteiger partial charge in [0.1, 0.15) is 26.9 Å². The summed E-state index contributed by atoms with van der Waals surface area (Å²) < 4.78 is 39.6. The Morgan fingerprint density at radius 2 is 2.04 bits per heavy atom. The standard InChI is InChI=1S/C19H27FN4O3S/c1-18(2,3)27-17(25)22-16-23-19(4,14-9-5-6-10-15(14)20)13-28(26)21-11-7-8-12-24(16)28/h5-6,9-10H,7-8,11-13H2,1-4H3,(H,22,23,25). The van der Waals surface area contributed by atoms with Crippen LogP contribution in [-0.4, -0.2) is 45.0 Å². The van der Waals surface area contributed by atoms with Crippen LogP contribution in [0.25, 0.3) is 0 Å². The van der Waals surface area contributed by atoms with Crippen LogP contribution in [-0.2, 0) is 20.2 Å². The fourth-order valence-corrected chi connectivity index (χ4v) is 5.88. The first kappa shape index (κ1) is 20.6. The zero-order chi connectivity index (χ0) is 20.6. The minimum absolute atomic E-state index is 0.0560. The lowest BCUT2D eigenvalue weighted by Crippen LogP contribution is -2.55. The third kappa shape index (κ3) is 4.29. The summed E-state index contributed by atoms with van der Waals surface area (Å²) in [6.07, 6.45) is 0.866. The van der Waals surface area contributed by atoms with Crippen molar-refractivity contribution in [3.05, 3.63) is 35.6 Å². The molecule has 1 N–H and O–H groups in total. The van der Waals surface area contributed by atoms with E-state index in [4.69, 9.17) is 4.74 Å². The van der Waals surface area contributed by atoms with E-state index in [0.717, 1.165) is 12.8 Å². The molecule has 0 aromatic heterocycles. The summed E-state index contributed by atoms with van der Waals surface area (Å²) in [7, 11) is -2.89. The van der Waals surface area contributed by atoms with Crippen LogP contribution in [0.5, 0.6) is 0 Å². The zero-order valence-corrected chi connectivity index (χ0v) is 17.5. The first-order valence-corrected chi connectivity index (χ1v) is 11.0. The van der Waals surface area contributed by atoms with Crippen LogP contribution in [0.15, 0.2) is 33.6 Å². The van der Waals surface area contributed by atoms with Gasteiger partial charge in [-0.25, -0.2) is 22.7 Å². The van der Waals surface area contributed by atoms with Crippen LogP contribution >= 0.6 is 0 Å². The molecule has 2 aliphatic heterocycles. The van der Waals surface area contributed by atoms with Gasteiger partial charge in [0.25, 0.3) is 0 Å². The SMILES string of the molecule is CC(C)(C)OC(=O)NC1=NC(C)(c2ccccc2F)CS2(=O)=NCCCCN12. The van der Waals surface area contributed by atoms with Gasteiger partial charge in [-0.05, 0) is 46.6 Å². The Morgan fingerprint density at radius 3 is 2.71 bits per heavy atom. The molecular weight excluding hydrogens is 383 g/mol. The largest absolute Gasteiger partial charge is 0.444 e. The second kappa shape index (κ2) is 7.35. The molecule has 7 nitrogen and oxygen atoms in total. The number of aliphatic imine (C=N–C) groups is 1. The highest BCUT2D eigenvalue weighted by atomic mass is 32.2. The summed E-state index contributed by atoms with van der Waals surface area (Å²) in [5, 5.41) is 2.63. The fourth-order valence-electron chi connectivity index (χ4n) is 3.36. The van der Waals surface area contributed by atoms with E-state index < -0.39 is 33.0 Å². The predicted octanol–water partition coefficient (Wildman–Crippen LogP) is 3.41. The van der Waals surface area contributed by atoms with Gasteiger partial charge in [0.05, 0.1) is 12.3 Å². The van der Waals surface area contributed by atoms with E-state index in [1.165, 1.54) is 6.07 Å². The second-order valence-electron chi connectivity index (χ2n) is 8.23. The number of hydrogen-bond donors (Lipinski definition) is 1. The Hall–Kier alpha value is -2.16. The molecule has 2 heterocycles. The third-order valence-electron chi connectivity index (χ3n) is 4.53. The van der Waals surface area contributed by atoms with Crippen LogP contribution in [0.4, 0.5) is 9.18 Å². The number of halogens is 1. The summed E-state index contributed by atoms with van der Waals surface area (Å²) in [5.74, 6) is -0.266. The minimum atomic E-state index is -2.89. The molecule has 0 saturated heterocycles. The number of benzene rings is 1. The van der Waals surface area contributed by atoms with E-state index in [0.29, 0.717) is 18.7 Å². The molecular formula is C19H27FN4O3S. The lowest BCUT2D eigenvalue weighted by Gasteiger charge is -2.39. The number of ether oxygens (including phenoxy) is 1. The molecule has 9 heteroatoms. The summed E-state index contributed by atoms with van der Waals surface area (Å²) in [6, 6.07) is 6.28. The van der Waals surface area contributed by atoms with Crippen molar-refractivity contribution in [2.24, 2.45) is 9.36 Å². The van der Waals surface area contributed by atoms with Crippen molar-refractivity contribution in [2.75, 3.05) is 18.8 Å². The lowest BCUT2D eigenvalue weighted by molar-refractivity contribution is 0.0558. The van der Waals surface area contributed by atoms with Crippen molar-refractivity contribution < 1.29 is 18.1 Å². The Labute approximate surface area is 165 Å². The van der Waals surface area contributed by atoms with Crippen molar-refractivity contribution in [1.82, 2.24) is 9.62 Å². The average Bonchev–Trinajstić information content (AvgIpc) is 2.74. The number of rotatable bonds is 1. The number of carbonyl (C=O) groups excluding carboxylic acids is 1. The van der Waals surface area contributed by atoms with Gasteiger partial charge < -0.3 is 4.74 Å². The topological polar surface area (TPSA) is 83.4 Å². The number of carbonyl (C=O) groups is 1. The van der Waals surface area contributed by atoms with E-state index in [2.05, 4.69) is 14.7 Å². The van der Waals surface area contributed by atoms with E-state index in [9.17, 15) is 13.4 Å². The van der Waals surface area contributed by atoms with Crippen LogP contribution in [0, 0.1) is 5.82 Å². The number of hydrogen-bond acceptors (Lipinski definition) is 5. The monoisotopic (exact) mass is 410 g/mol. The Morgan fingerprint density at radius 1 is 1.32 bits per heavy atom. The number of nitrogens with zero attached hydrogens (tertiary/aromatic N) is 3. The molecule has 28 heavy (non-hydrogen) atoms. The average molecular weight is 411 g/mol. The minimum Gasteiger partial charge on any atom is -0.444 e. The van der Waals surface area contributed by atoms with Crippen molar-refractivity contribution in [1.29, 1.82) is 0 Å². The molecule has 0 fully saturated rings. The molecule has 0 bridgehead atoms. The van der Waals surface area contributed by atoms with Gasteiger partial charge in [0, 0.05) is 12.1 Å². The summed E-state index contributed by atoms with van der Waals surface area (Å²) in [5.41, 5.74) is -1.50. The van der Waals surface area contributed by atoms with Crippen molar-refractivity contribution in [2.45, 2.75) is 51.7 Å². The molecule has 1 amide bonds. The first-order chi connectivity index (χ1) is 13.0. The molecule has 0 spiro atoms. The van der Waals surface area contributed by atoms with E-state index in [-0.39, 0.29) is 11.7 Å². The van der Waals surface area contributed by atoms with Crippen LogP contribution in [0.1, 0.15) is 46.1 Å². The van der Waals surface area contributed by atoms with Gasteiger partial charge in [-0.2, -0.15) is 0 Å². The van der Waals surface area contributed by atoms with E-state index in [1.807, 2.05) is 0 Å². The molecule has 154 valence electrons. The highest BCUT2D eigenvalue weighted by Crippen LogP contribution is 2.35. The molecule has 3 rings (SSSR count). The maximum Gasteiger partial charge on any atom is 0.414 e. The molecule has 0 radical (unpaired) electrons. The van der Waals surface area contributed by atoms with Gasteiger partial charge in [-0.1, -0.05) is 18.2 Å². The maximum atomic E-state index is 14.5. The number of amides is 1. The van der Waals surface area contributed by atoms with Gasteiger partial charge in [-0.15, -0.1) is 0 Å². The Balaban J connectivity index is 2.07. The fraction of sp³-hybridized carbons (Fsp3) is 0.579.